The first-order chi connectivity index (χ1) is 13.9. The van der Waals surface area contributed by atoms with Gasteiger partial charge in [0.15, 0.2) is 0 Å². The summed E-state index contributed by atoms with van der Waals surface area (Å²) in [6.45, 7) is 2.38. The Kier molecular flexibility index (Phi) is 7.95. The molecule has 1 aromatic rings. The fourth-order valence-corrected chi connectivity index (χ4v) is 4.27. The number of rotatable bonds is 7. The molecular weight excluding hydrogens is 381 g/mol. The van der Waals surface area contributed by atoms with E-state index in [0.29, 0.717) is 32.0 Å². The molecule has 1 aromatic carbocycles. The average molecular weight is 412 g/mol. The van der Waals surface area contributed by atoms with Gasteiger partial charge in [-0.3, -0.25) is 9.69 Å². The Bertz CT molecular complexity index is 634. The highest BCUT2D eigenvalue weighted by molar-refractivity contribution is 5.94. The number of carbonyl (C=O) groups is 1. The van der Waals surface area contributed by atoms with Gasteiger partial charge in [0.05, 0.1) is 0 Å². The van der Waals surface area contributed by atoms with Crippen molar-refractivity contribution in [1.82, 2.24) is 9.80 Å². The van der Waals surface area contributed by atoms with Gasteiger partial charge in [-0.05, 0) is 42.9 Å². The maximum atomic E-state index is 12.8. The number of nitrogens with zero attached hydrogens (tertiary/aromatic N) is 2. The van der Waals surface area contributed by atoms with Crippen molar-refractivity contribution in [3.8, 4) is 0 Å². The largest absolute Gasteiger partial charge is 0.411 e. The molecule has 1 saturated heterocycles. The summed E-state index contributed by atoms with van der Waals surface area (Å²) in [6.07, 6.45) is 2.72. The molecule has 1 amide bonds. The van der Waals surface area contributed by atoms with Crippen molar-refractivity contribution < 1.29 is 22.7 Å². The SMILES string of the molecule is O=C(c1ccc(C2CCCCC2)cc1)N1CCN(CCCOCC(F)(F)F)CC1. The van der Waals surface area contributed by atoms with Gasteiger partial charge >= 0.3 is 6.18 Å². The molecule has 1 aliphatic heterocycles. The van der Waals surface area contributed by atoms with E-state index in [1.165, 1.54) is 37.7 Å². The zero-order valence-electron chi connectivity index (χ0n) is 16.9. The summed E-state index contributed by atoms with van der Waals surface area (Å²) in [5, 5.41) is 0. The maximum Gasteiger partial charge on any atom is 0.411 e. The number of amides is 1. The minimum Gasteiger partial charge on any atom is -0.372 e. The molecule has 0 atom stereocenters. The van der Waals surface area contributed by atoms with Gasteiger partial charge in [0.2, 0.25) is 0 Å². The maximum absolute atomic E-state index is 12.8. The molecule has 1 heterocycles. The number of piperazine rings is 1. The topological polar surface area (TPSA) is 32.8 Å². The molecule has 0 N–H and O–H groups in total. The van der Waals surface area contributed by atoms with Crippen LogP contribution in [0.15, 0.2) is 24.3 Å². The van der Waals surface area contributed by atoms with E-state index >= 15 is 0 Å². The number of hydrogen-bond donors (Lipinski definition) is 0. The Morgan fingerprint density at radius 3 is 2.28 bits per heavy atom. The summed E-state index contributed by atoms with van der Waals surface area (Å²) in [4.78, 5) is 16.8. The van der Waals surface area contributed by atoms with Gasteiger partial charge in [-0.1, -0.05) is 31.4 Å². The molecule has 0 unspecified atom stereocenters. The van der Waals surface area contributed by atoms with Crippen LogP contribution in [0.25, 0.3) is 0 Å². The number of alkyl halides is 3. The number of hydrogen-bond acceptors (Lipinski definition) is 3. The average Bonchev–Trinajstić information content (AvgIpc) is 2.73. The van der Waals surface area contributed by atoms with Gasteiger partial charge in [-0.2, -0.15) is 13.2 Å². The van der Waals surface area contributed by atoms with Crippen LogP contribution in [0.5, 0.6) is 0 Å². The van der Waals surface area contributed by atoms with Gasteiger partial charge in [0.25, 0.3) is 5.91 Å². The first kappa shape index (κ1) is 22.1. The summed E-state index contributed by atoms with van der Waals surface area (Å²) < 4.78 is 40.8. The third kappa shape index (κ3) is 7.00. The molecule has 0 radical (unpaired) electrons. The second-order valence-electron chi connectivity index (χ2n) is 8.11. The van der Waals surface area contributed by atoms with Crippen LogP contribution < -0.4 is 0 Å². The van der Waals surface area contributed by atoms with Gasteiger partial charge in [-0.25, -0.2) is 0 Å². The summed E-state index contributed by atoms with van der Waals surface area (Å²) in [5.74, 6) is 0.699. The van der Waals surface area contributed by atoms with E-state index in [9.17, 15) is 18.0 Å². The zero-order chi connectivity index (χ0) is 20.7. The van der Waals surface area contributed by atoms with Gasteiger partial charge in [0, 0.05) is 44.9 Å². The van der Waals surface area contributed by atoms with E-state index in [1.807, 2.05) is 17.0 Å². The first-order valence-corrected chi connectivity index (χ1v) is 10.7. The minimum absolute atomic E-state index is 0.0633. The van der Waals surface area contributed by atoms with E-state index in [4.69, 9.17) is 0 Å². The Labute approximate surface area is 171 Å². The van der Waals surface area contributed by atoms with Crippen LogP contribution >= 0.6 is 0 Å². The van der Waals surface area contributed by atoms with E-state index in [2.05, 4.69) is 21.8 Å². The van der Waals surface area contributed by atoms with Crippen LogP contribution in [0, 0.1) is 0 Å². The van der Waals surface area contributed by atoms with E-state index in [0.717, 1.165) is 18.7 Å². The highest BCUT2D eigenvalue weighted by Crippen LogP contribution is 2.32. The Morgan fingerprint density at radius 2 is 1.66 bits per heavy atom. The lowest BCUT2D eigenvalue weighted by molar-refractivity contribution is -0.174. The third-order valence-corrected chi connectivity index (χ3v) is 5.92. The number of benzene rings is 1. The normalized spacial score (nSPS) is 19.5. The van der Waals surface area contributed by atoms with Gasteiger partial charge < -0.3 is 9.64 Å². The monoisotopic (exact) mass is 412 g/mol. The predicted octanol–water partition coefficient (Wildman–Crippen LogP) is 4.46. The Morgan fingerprint density at radius 1 is 1.00 bits per heavy atom. The highest BCUT2D eigenvalue weighted by Gasteiger charge is 2.27. The van der Waals surface area contributed by atoms with E-state index in [1.54, 1.807) is 0 Å². The molecule has 29 heavy (non-hydrogen) atoms. The molecule has 162 valence electrons. The standard InChI is InChI=1S/C22H31F3N2O2/c23-22(24,25)17-29-16-4-11-26-12-14-27(15-13-26)21(28)20-9-7-19(8-10-20)18-5-2-1-3-6-18/h7-10,18H,1-6,11-17H2. The number of carbonyl (C=O) groups excluding carboxylic acids is 1. The van der Waals surface area contributed by atoms with E-state index < -0.39 is 12.8 Å². The van der Waals surface area contributed by atoms with Gasteiger partial charge in [0.1, 0.15) is 6.61 Å². The molecule has 1 aliphatic carbocycles. The van der Waals surface area contributed by atoms with Crippen molar-refractivity contribution >= 4 is 5.91 Å². The highest BCUT2D eigenvalue weighted by atomic mass is 19.4. The molecule has 0 aromatic heterocycles. The summed E-state index contributed by atoms with van der Waals surface area (Å²) in [7, 11) is 0. The van der Waals surface area contributed by atoms with Crippen molar-refractivity contribution in [1.29, 1.82) is 0 Å². The lowest BCUT2D eigenvalue weighted by Gasteiger charge is -2.34. The molecule has 0 bridgehead atoms. The molecule has 7 heteroatoms. The Balaban J connectivity index is 1.38. The van der Waals surface area contributed by atoms with Crippen molar-refractivity contribution in [2.45, 2.75) is 50.6 Å². The summed E-state index contributed by atoms with van der Waals surface area (Å²) >= 11 is 0. The fraction of sp³-hybridized carbons (Fsp3) is 0.682. The van der Waals surface area contributed by atoms with Crippen LogP contribution in [0.1, 0.15) is 60.4 Å². The molecule has 2 aliphatic rings. The molecular formula is C22H31F3N2O2. The van der Waals surface area contributed by atoms with Crippen molar-refractivity contribution in [2.24, 2.45) is 0 Å². The molecule has 4 nitrogen and oxygen atoms in total. The van der Waals surface area contributed by atoms with E-state index in [-0.39, 0.29) is 12.5 Å². The second-order valence-corrected chi connectivity index (χ2v) is 8.11. The van der Waals surface area contributed by atoms with Crippen LogP contribution in [0.3, 0.4) is 0 Å². The van der Waals surface area contributed by atoms with Crippen molar-refractivity contribution in [3.05, 3.63) is 35.4 Å². The summed E-state index contributed by atoms with van der Waals surface area (Å²) in [6, 6.07) is 8.13. The quantitative estimate of drug-likeness (QED) is 0.620. The predicted molar refractivity (Wildman–Crippen MR) is 106 cm³/mol. The lowest BCUT2D eigenvalue weighted by Crippen LogP contribution is -2.49. The number of halogens is 3. The zero-order valence-corrected chi connectivity index (χ0v) is 16.9. The van der Waals surface area contributed by atoms with Gasteiger partial charge in [-0.15, -0.1) is 0 Å². The molecule has 0 spiro atoms. The van der Waals surface area contributed by atoms with Crippen molar-refractivity contribution in [2.75, 3.05) is 45.9 Å². The molecule has 2 fully saturated rings. The number of ether oxygens (including phenoxy) is 1. The van der Waals surface area contributed by atoms with Crippen molar-refractivity contribution in [3.63, 3.8) is 0 Å². The molecule has 3 rings (SSSR count). The first-order valence-electron chi connectivity index (χ1n) is 10.7. The van der Waals surface area contributed by atoms with Crippen LogP contribution in [0.2, 0.25) is 0 Å². The van der Waals surface area contributed by atoms with Crippen LogP contribution in [-0.2, 0) is 4.74 Å². The Hall–Kier alpha value is -1.60. The fourth-order valence-electron chi connectivity index (χ4n) is 4.27. The van der Waals surface area contributed by atoms with Crippen LogP contribution in [0.4, 0.5) is 13.2 Å². The third-order valence-electron chi connectivity index (χ3n) is 5.92. The minimum atomic E-state index is -4.26. The molecule has 1 saturated carbocycles. The van der Waals surface area contributed by atoms with Crippen LogP contribution in [-0.4, -0.2) is 67.8 Å². The smallest absolute Gasteiger partial charge is 0.372 e. The second kappa shape index (κ2) is 10.4. The lowest BCUT2D eigenvalue weighted by atomic mass is 9.84. The summed E-state index contributed by atoms with van der Waals surface area (Å²) in [5.41, 5.74) is 2.08.